The number of hydrogen-bond acceptors (Lipinski definition) is 8. The summed E-state index contributed by atoms with van der Waals surface area (Å²) in [6.45, 7) is 6.71. The molecule has 3 aromatic heterocycles. The highest BCUT2D eigenvalue weighted by molar-refractivity contribution is 7.17. The predicted molar refractivity (Wildman–Crippen MR) is 151 cm³/mol. The van der Waals surface area contributed by atoms with E-state index in [9.17, 15) is 18.4 Å². The third kappa shape index (κ3) is 5.20. The lowest BCUT2D eigenvalue weighted by Crippen LogP contribution is -2.23. The molecule has 1 N–H and O–H groups in total. The lowest BCUT2D eigenvalue weighted by Gasteiger charge is -2.16. The van der Waals surface area contributed by atoms with Gasteiger partial charge in [-0.1, -0.05) is 6.07 Å². The van der Waals surface area contributed by atoms with E-state index < -0.39 is 11.6 Å². The van der Waals surface area contributed by atoms with E-state index in [4.69, 9.17) is 14.1 Å². The number of nitrogens with one attached hydrogen (secondary N) is 1. The molecule has 2 aliphatic heterocycles. The Labute approximate surface area is 244 Å². The Kier molecular flexibility index (Phi) is 7.58. The second-order valence-corrected chi connectivity index (χ2v) is 11.7. The van der Waals surface area contributed by atoms with Crippen LogP contribution in [0.25, 0.3) is 21.9 Å². The Morgan fingerprint density at radius 2 is 2.00 bits per heavy atom. The maximum absolute atomic E-state index is 13.8. The van der Waals surface area contributed by atoms with Gasteiger partial charge in [0, 0.05) is 36.9 Å². The molecular formula is C30H29F2N5O4S. The van der Waals surface area contributed by atoms with Gasteiger partial charge < -0.3 is 19.4 Å². The number of halogens is 2. The van der Waals surface area contributed by atoms with E-state index >= 15 is 0 Å². The number of aryl methyl sites for hydroxylation is 1. The van der Waals surface area contributed by atoms with Gasteiger partial charge in [-0.25, -0.2) is 8.78 Å². The van der Waals surface area contributed by atoms with Gasteiger partial charge in [0.2, 0.25) is 11.8 Å². The first-order chi connectivity index (χ1) is 20.2. The Bertz CT molecular complexity index is 1680. The summed E-state index contributed by atoms with van der Waals surface area (Å²) < 4.78 is 38.7. The number of fused-ring (bicyclic) bond motifs is 3. The average Bonchev–Trinajstić information content (AvgIpc) is 3.75. The molecule has 218 valence electrons. The van der Waals surface area contributed by atoms with Gasteiger partial charge >= 0.3 is 0 Å². The number of amides is 2. The molecule has 1 atom stereocenters. The zero-order valence-electron chi connectivity index (χ0n) is 23.4. The zero-order chi connectivity index (χ0) is 29.5. The largest absolute Gasteiger partial charge is 0.421 e. The molecular weight excluding hydrogens is 564 g/mol. The molecule has 4 aromatic rings. The van der Waals surface area contributed by atoms with Crippen LogP contribution in [-0.2, 0) is 17.7 Å². The number of pyridine rings is 1. The summed E-state index contributed by atoms with van der Waals surface area (Å²) in [5, 5.41) is 11.1. The summed E-state index contributed by atoms with van der Waals surface area (Å²) in [7, 11) is 0. The van der Waals surface area contributed by atoms with E-state index in [1.807, 2.05) is 18.7 Å². The van der Waals surface area contributed by atoms with Crippen molar-refractivity contribution in [2.75, 3.05) is 13.2 Å². The summed E-state index contributed by atoms with van der Waals surface area (Å²) in [6.07, 6.45) is 2.23. The standard InChI is InChI=1S/C30H29F2N5O4S/c1-15(2)40-12-10-20-24(29-36-35-16(3)41-29)25(26-27(34-20)21-5-4-11-37(21)30(26)39)22-8-9-23(42-22)28(38)33-14-17-6-7-18(31)19(32)13-17/h6-9,13,15,21H,4-5,10-12,14H2,1-3H3,(H,33,38). The zero-order valence-corrected chi connectivity index (χ0v) is 24.2. The molecule has 0 saturated carbocycles. The summed E-state index contributed by atoms with van der Waals surface area (Å²) in [5.74, 6) is -1.79. The molecule has 1 fully saturated rings. The highest BCUT2D eigenvalue weighted by atomic mass is 32.1. The van der Waals surface area contributed by atoms with Crippen molar-refractivity contribution in [3.63, 3.8) is 0 Å². The Morgan fingerprint density at radius 3 is 2.74 bits per heavy atom. The monoisotopic (exact) mass is 593 g/mol. The van der Waals surface area contributed by atoms with Gasteiger partial charge in [0.05, 0.1) is 46.1 Å². The molecule has 0 spiro atoms. The van der Waals surface area contributed by atoms with Crippen molar-refractivity contribution in [3.05, 3.63) is 75.2 Å². The van der Waals surface area contributed by atoms with Crippen LogP contribution in [0.15, 0.2) is 34.7 Å². The van der Waals surface area contributed by atoms with Crippen molar-refractivity contribution in [1.29, 1.82) is 0 Å². The molecule has 6 rings (SSSR count). The summed E-state index contributed by atoms with van der Waals surface area (Å²) in [4.78, 5) is 34.8. The van der Waals surface area contributed by atoms with E-state index in [1.165, 1.54) is 17.4 Å². The number of carbonyl (C=O) groups is 2. The Balaban J connectivity index is 1.42. The fourth-order valence-corrected chi connectivity index (χ4v) is 6.49. The third-order valence-corrected chi connectivity index (χ3v) is 8.49. The third-order valence-electron chi connectivity index (χ3n) is 7.39. The first-order valence-corrected chi connectivity index (χ1v) is 14.6. The number of ether oxygens (including phenoxy) is 1. The molecule has 9 nitrogen and oxygen atoms in total. The lowest BCUT2D eigenvalue weighted by atomic mass is 9.94. The molecule has 42 heavy (non-hydrogen) atoms. The van der Waals surface area contributed by atoms with Crippen LogP contribution in [0.2, 0.25) is 0 Å². The van der Waals surface area contributed by atoms with Crippen molar-refractivity contribution < 1.29 is 27.5 Å². The van der Waals surface area contributed by atoms with Crippen molar-refractivity contribution >= 4 is 23.2 Å². The van der Waals surface area contributed by atoms with Crippen molar-refractivity contribution in [1.82, 2.24) is 25.4 Å². The Hall–Kier alpha value is -4.03. The highest BCUT2D eigenvalue weighted by Crippen LogP contribution is 2.49. The molecule has 12 heteroatoms. The van der Waals surface area contributed by atoms with Crippen molar-refractivity contribution in [2.45, 2.75) is 58.7 Å². The van der Waals surface area contributed by atoms with E-state index in [2.05, 4.69) is 15.5 Å². The second-order valence-electron chi connectivity index (χ2n) is 10.6. The quantitative estimate of drug-likeness (QED) is 0.268. The van der Waals surface area contributed by atoms with Crippen molar-refractivity contribution in [3.8, 4) is 21.9 Å². The fourth-order valence-electron chi connectivity index (χ4n) is 5.51. The van der Waals surface area contributed by atoms with Crippen LogP contribution in [0.1, 0.15) is 75.6 Å². The van der Waals surface area contributed by atoms with Gasteiger partial charge in [0.25, 0.3) is 11.8 Å². The van der Waals surface area contributed by atoms with Crippen LogP contribution >= 0.6 is 11.3 Å². The van der Waals surface area contributed by atoms with E-state index in [1.54, 1.807) is 19.1 Å². The first kappa shape index (κ1) is 28.1. The second kappa shape index (κ2) is 11.3. The first-order valence-electron chi connectivity index (χ1n) is 13.8. The molecule has 2 aliphatic rings. The van der Waals surface area contributed by atoms with Crippen LogP contribution in [0, 0.1) is 18.6 Å². The van der Waals surface area contributed by atoms with Crippen LogP contribution < -0.4 is 5.32 Å². The average molecular weight is 594 g/mol. The van der Waals surface area contributed by atoms with Gasteiger partial charge in [-0.3, -0.25) is 14.6 Å². The fraction of sp³-hybridized carbons (Fsp3) is 0.367. The van der Waals surface area contributed by atoms with E-state index in [0.29, 0.717) is 63.2 Å². The van der Waals surface area contributed by atoms with Crippen LogP contribution in [0.4, 0.5) is 8.78 Å². The van der Waals surface area contributed by atoms with Gasteiger partial charge in [0.1, 0.15) is 0 Å². The molecule has 5 heterocycles. The van der Waals surface area contributed by atoms with Crippen LogP contribution in [0.3, 0.4) is 0 Å². The molecule has 1 aromatic carbocycles. The van der Waals surface area contributed by atoms with E-state index in [-0.39, 0.29) is 36.4 Å². The number of nitrogens with zero attached hydrogens (tertiary/aromatic N) is 4. The molecule has 1 unspecified atom stereocenters. The number of carbonyl (C=O) groups excluding carboxylic acids is 2. The topological polar surface area (TPSA) is 110 Å². The molecule has 0 bridgehead atoms. The normalized spacial score (nSPS) is 15.9. The minimum Gasteiger partial charge on any atom is -0.421 e. The number of benzene rings is 1. The van der Waals surface area contributed by atoms with E-state index in [0.717, 1.165) is 30.7 Å². The molecule has 2 amide bonds. The smallest absolute Gasteiger partial charge is 0.261 e. The minimum atomic E-state index is -0.977. The van der Waals surface area contributed by atoms with Gasteiger partial charge in [-0.05, 0) is 56.5 Å². The predicted octanol–water partition coefficient (Wildman–Crippen LogP) is 5.63. The SMILES string of the molecule is Cc1nnc(-c2c(CCOC(C)C)nc3c(c2-c2ccc(C(=O)NCc4ccc(F)c(F)c4)s2)C(=O)N2CCCC32)o1. The van der Waals surface area contributed by atoms with Crippen LogP contribution in [0.5, 0.6) is 0 Å². The number of thiophene rings is 1. The summed E-state index contributed by atoms with van der Waals surface area (Å²) in [6, 6.07) is 6.87. The minimum absolute atomic E-state index is 0.0234. The summed E-state index contributed by atoms with van der Waals surface area (Å²) in [5.41, 5.74) is 3.52. The molecule has 1 saturated heterocycles. The lowest BCUT2D eigenvalue weighted by molar-refractivity contribution is 0.0774. The molecule has 0 aliphatic carbocycles. The highest BCUT2D eigenvalue weighted by Gasteiger charge is 2.44. The number of hydrogen-bond donors (Lipinski definition) is 1. The molecule has 0 radical (unpaired) electrons. The number of aromatic nitrogens is 3. The maximum Gasteiger partial charge on any atom is 0.261 e. The maximum atomic E-state index is 13.8. The number of rotatable bonds is 9. The van der Waals surface area contributed by atoms with Crippen LogP contribution in [-0.4, -0.2) is 51.2 Å². The summed E-state index contributed by atoms with van der Waals surface area (Å²) >= 11 is 1.22. The van der Waals surface area contributed by atoms with Crippen molar-refractivity contribution in [2.24, 2.45) is 0 Å². The van der Waals surface area contributed by atoms with Gasteiger partial charge in [0.15, 0.2) is 11.6 Å². The Morgan fingerprint density at radius 1 is 1.17 bits per heavy atom. The van der Waals surface area contributed by atoms with Gasteiger partial charge in [-0.15, -0.1) is 21.5 Å². The van der Waals surface area contributed by atoms with Gasteiger partial charge in [-0.2, -0.15) is 0 Å².